The quantitative estimate of drug-likeness (QED) is 0.312. The third kappa shape index (κ3) is 8.29. The number of allylic oxidation sites excluding steroid dienone is 2. The van der Waals surface area contributed by atoms with Crippen LogP contribution in [0.2, 0.25) is 25.2 Å². The van der Waals surface area contributed by atoms with E-state index in [4.69, 9.17) is 0 Å². The van der Waals surface area contributed by atoms with E-state index < -0.39 is 8.07 Å². The first-order valence-corrected chi connectivity index (χ1v) is 9.15. The zero-order valence-electron chi connectivity index (χ0n) is 9.90. The molecular weight excluding hydrogens is 172 g/mol. The fourth-order valence-electron chi connectivity index (χ4n) is 1.57. The zero-order valence-corrected chi connectivity index (χ0v) is 10.9. The van der Waals surface area contributed by atoms with Gasteiger partial charge in [-0.25, -0.2) is 0 Å². The lowest BCUT2D eigenvalue weighted by Crippen LogP contribution is -2.23. The van der Waals surface area contributed by atoms with Gasteiger partial charge in [0.15, 0.2) is 0 Å². The highest BCUT2D eigenvalue weighted by atomic mass is 28.3. The lowest BCUT2D eigenvalue weighted by Gasteiger charge is -2.20. The molecular formula is C12H26Si. The van der Waals surface area contributed by atoms with E-state index in [2.05, 4.69) is 39.1 Å². The van der Waals surface area contributed by atoms with E-state index in [1.165, 1.54) is 37.8 Å². The molecule has 0 nitrogen and oxygen atoms in total. The summed E-state index contributed by atoms with van der Waals surface area (Å²) in [5.41, 5.74) is 0. The van der Waals surface area contributed by atoms with Crippen LogP contribution < -0.4 is 0 Å². The Hall–Kier alpha value is -0.0431. The van der Waals surface area contributed by atoms with Crippen LogP contribution in [0.25, 0.3) is 0 Å². The zero-order chi connectivity index (χ0) is 10.2. The Balaban J connectivity index is 3.50. The van der Waals surface area contributed by atoms with Crippen molar-refractivity contribution in [2.24, 2.45) is 0 Å². The van der Waals surface area contributed by atoms with Crippen LogP contribution in [0.3, 0.4) is 0 Å². The largest absolute Gasteiger partial charge is 0.0919 e. The van der Waals surface area contributed by atoms with Gasteiger partial charge in [0.25, 0.3) is 0 Å². The van der Waals surface area contributed by atoms with Gasteiger partial charge in [-0.3, -0.25) is 0 Å². The van der Waals surface area contributed by atoms with Crippen molar-refractivity contribution in [3.63, 3.8) is 0 Å². The molecule has 0 aliphatic heterocycles. The van der Waals surface area contributed by atoms with Crippen molar-refractivity contribution < 1.29 is 0 Å². The highest BCUT2D eigenvalue weighted by Gasteiger charge is 2.17. The number of hydrogen-bond acceptors (Lipinski definition) is 0. The van der Waals surface area contributed by atoms with Gasteiger partial charge >= 0.3 is 0 Å². The average Bonchev–Trinajstić information content (AvgIpc) is 2.09. The molecule has 0 amide bonds. The van der Waals surface area contributed by atoms with E-state index in [1.807, 2.05) is 0 Å². The summed E-state index contributed by atoms with van der Waals surface area (Å²) >= 11 is 0. The maximum absolute atomic E-state index is 2.51. The molecule has 78 valence electrons. The van der Waals surface area contributed by atoms with E-state index in [0.29, 0.717) is 0 Å². The lowest BCUT2D eigenvalue weighted by molar-refractivity contribution is 0.696. The second-order valence-corrected chi connectivity index (χ2v) is 9.98. The van der Waals surface area contributed by atoms with E-state index in [-0.39, 0.29) is 0 Å². The Morgan fingerprint density at radius 2 is 1.77 bits per heavy atom. The van der Waals surface area contributed by atoms with Gasteiger partial charge in [-0.1, -0.05) is 63.9 Å². The fraction of sp³-hybridized carbons (Fsp3) is 0.833. The maximum Gasteiger partial charge on any atom is 0.0511 e. The van der Waals surface area contributed by atoms with Gasteiger partial charge in [-0.05, 0) is 13.0 Å². The molecule has 0 saturated carbocycles. The molecule has 0 fully saturated rings. The molecule has 1 heteroatoms. The first-order valence-electron chi connectivity index (χ1n) is 5.73. The molecule has 0 aliphatic rings. The highest BCUT2D eigenvalue weighted by Crippen LogP contribution is 2.19. The highest BCUT2D eigenvalue weighted by molar-refractivity contribution is 6.77. The maximum atomic E-state index is 2.51. The molecule has 0 spiro atoms. The summed E-state index contributed by atoms with van der Waals surface area (Å²) in [6.45, 7) is 9.43. The van der Waals surface area contributed by atoms with Crippen LogP contribution in [-0.2, 0) is 0 Å². The van der Waals surface area contributed by atoms with E-state index in [0.717, 1.165) is 0 Å². The minimum Gasteiger partial charge on any atom is -0.0919 e. The van der Waals surface area contributed by atoms with Crippen LogP contribution in [0.5, 0.6) is 0 Å². The van der Waals surface area contributed by atoms with Crippen molar-refractivity contribution in [2.75, 3.05) is 0 Å². The molecule has 0 saturated heterocycles. The van der Waals surface area contributed by atoms with E-state index in [1.54, 1.807) is 0 Å². The van der Waals surface area contributed by atoms with Gasteiger partial charge in [0.2, 0.25) is 0 Å². The number of unbranched alkanes of at least 4 members (excludes halogenated alkanes) is 3. The Bertz CT molecular complexity index is 136. The molecule has 0 heterocycles. The normalized spacial score (nSPS) is 12.6. The molecule has 0 N–H and O–H groups in total. The van der Waals surface area contributed by atoms with Crippen LogP contribution in [0, 0.1) is 0 Å². The van der Waals surface area contributed by atoms with Crippen LogP contribution >= 0.6 is 0 Å². The second-order valence-electron chi connectivity index (χ2n) is 4.75. The third-order valence-corrected chi connectivity index (χ3v) is 5.66. The van der Waals surface area contributed by atoms with Crippen molar-refractivity contribution >= 4 is 8.07 Å². The molecule has 0 rings (SSSR count). The Kier molecular flexibility index (Phi) is 7.34. The molecule has 0 unspecified atom stereocenters. The summed E-state index contributed by atoms with van der Waals surface area (Å²) < 4.78 is 0. The first-order chi connectivity index (χ1) is 6.12. The van der Waals surface area contributed by atoms with Crippen molar-refractivity contribution in [3.05, 3.63) is 12.2 Å². The van der Waals surface area contributed by atoms with Gasteiger partial charge < -0.3 is 0 Å². The SMILES string of the molecule is CC=CC[Si](C)(C)CCCCCC. The van der Waals surface area contributed by atoms with Gasteiger partial charge in [-0.2, -0.15) is 0 Å². The lowest BCUT2D eigenvalue weighted by atomic mass is 10.2. The van der Waals surface area contributed by atoms with E-state index in [9.17, 15) is 0 Å². The first kappa shape index (κ1) is 13.0. The Labute approximate surface area is 85.4 Å². The molecule has 0 aromatic heterocycles. The van der Waals surface area contributed by atoms with Crippen LogP contribution in [0.4, 0.5) is 0 Å². The molecule has 0 bridgehead atoms. The summed E-state index contributed by atoms with van der Waals surface area (Å²) in [7, 11) is -0.861. The minimum absolute atomic E-state index is 0.861. The van der Waals surface area contributed by atoms with Crippen molar-refractivity contribution in [1.82, 2.24) is 0 Å². The topological polar surface area (TPSA) is 0 Å². The summed E-state index contributed by atoms with van der Waals surface area (Å²) in [5, 5.41) is 0. The second kappa shape index (κ2) is 7.37. The summed E-state index contributed by atoms with van der Waals surface area (Å²) in [4.78, 5) is 0. The predicted molar refractivity (Wildman–Crippen MR) is 66.1 cm³/mol. The molecule has 13 heavy (non-hydrogen) atoms. The fourth-order valence-corrected chi connectivity index (χ4v) is 3.85. The number of hydrogen-bond donors (Lipinski definition) is 0. The molecule has 0 aliphatic carbocycles. The molecule has 0 radical (unpaired) electrons. The minimum atomic E-state index is -0.861. The smallest absolute Gasteiger partial charge is 0.0511 e. The van der Waals surface area contributed by atoms with Gasteiger partial charge in [0.05, 0.1) is 8.07 Å². The van der Waals surface area contributed by atoms with Crippen LogP contribution in [-0.4, -0.2) is 8.07 Å². The van der Waals surface area contributed by atoms with E-state index >= 15 is 0 Å². The Morgan fingerprint density at radius 3 is 2.31 bits per heavy atom. The van der Waals surface area contributed by atoms with Crippen LogP contribution in [0.15, 0.2) is 12.2 Å². The van der Waals surface area contributed by atoms with Gasteiger partial charge in [-0.15, -0.1) is 0 Å². The average molecular weight is 198 g/mol. The summed E-state index contributed by atoms with van der Waals surface area (Å²) in [6, 6.07) is 2.88. The Morgan fingerprint density at radius 1 is 1.08 bits per heavy atom. The predicted octanol–water partition coefficient (Wildman–Crippen LogP) is 4.85. The van der Waals surface area contributed by atoms with Crippen molar-refractivity contribution in [3.8, 4) is 0 Å². The summed E-state index contributed by atoms with van der Waals surface area (Å²) in [5.74, 6) is 0. The van der Waals surface area contributed by atoms with Crippen LogP contribution in [0.1, 0.15) is 39.5 Å². The number of rotatable bonds is 7. The monoisotopic (exact) mass is 198 g/mol. The standard InChI is InChI=1S/C12H26Si/c1-5-7-9-10-12-13(3,4)11-8-6-2/h6,8H,5,7,9-12H2,1-4H3. The molecule has 0 aromatic carbocycles. The summed E-state index contributed by atoms with van der Waals surface area (Å²) in [6.07, 6.45) is 10.2. The molecule has 0 aromatic rings. The van der Waals surface area contributed by atoms with Crippen molar-refractivity contribution in [1.29, 1.82) is 0 Å². The molecule has 0 atom stereocenters. The third-order valence-electron chi connectivity index (χ3n) is 2.61. The van der Waals surface area contributed by atoms with Gasteiger partial charge in [0.1, 0.15) is 0 Å². The van der Waals surface area contributed by atoms with Crippen molar-refractivity contribution in [2.45, 2.75) is 64.7 Å². The van der Waals surface area contributed by atoms with Gasteiger partial charge in [0, 0.05) is 0 Å².